The quantitative estimate of drug-likeness (QED) is 0.735. The third kappa shape index (κ3) is 4.59. The summed E-state index contributed by atoms with van der Waals surface area (Å²) in [5.41, 5.74) is 2.29. The average Bonchev–Trinajstić information content (AvgIpc) is 2.47. The highest BCUT2D eigenvalue weighted by Crippen LogP contribution is 2.09. The normalized spacial score (nSPS) is 10.6. The third-order valence-electron chi connectivity index (χ3n) is 3.57. The van der Waals surface area contributed by atoms with E-state index in [-0.39, 0.29) is 28.5 Å². The molecular weight excluding hydrogens is 317 g/mol. The van der Waals surface area contributed by atoms with Gasteiger partial charge in [-0.2, -0.15) is 0 Å². The Hall–Kier alpha value is -2.28. The molecule has 7 heteroatoms. The summed E-state index contributed by atoms with van der Waals surface area (Å²) in [5, 5.41) is 2.76. The smallest absolute Gasteiger partial charge is 0.255 e. The molecule has 0 aliphatic carbocycles. The van der Waals surface area contributed by atoms with E-state index >= 15 is 0 Å². The molecule has 1 aromatic carbocycles. The van der Waals surface area contributed by atoms with Crippen molar-refractivity contribution in [1.29, 1.82) is 0 Å². The Labute approximate surface area is 138 Å². The first-order valence-corrected chi connectivity index (χ1v) is 7.61. The first-order chi connectivity index (χ1) is 10.9. The minimum atomic E-state index is -0.270. The van der Waals surface area contributed by atoms with Crippen LogP contribution in [-0.4, -0.2) is 15.9 Å². The number of aromatic nitrogens is 2. The second-order valence-electron chi connectivity index (χ2n) is 5.37. The lowest BCUT2D eigenvalue weighted by Gasteiger charge is -2.07. The Morgan fingerprint density at radius 3 is 2.70 bits per heavy atom. The Morgan fingerprint density at radius 1 is 1.30 bits per heavy atom. The lowest BCUT2D eigenvalue weighted by Crippen LogP contribution is -2.25. The maximum absolute atomic E-state index is 13.2. The van der Waals surface area contributed by atoms with E-state index in [1.165, 1.54) is 6.07 Å². The molecule has 5 nitrogen and oxygen atoms in total. The molecule has 3 N–H and O–H groups in total. The van der Waals surface area contributed by atoms with E-state index in [0.29, 0.717) is 29.8 Å². The molecule has 2 aromatic rings. The summed E-state index contributed by atoms with van der Waals surface area (Å²) in [6.07, 6.45) is 0.510. The number of benzene rings is 1. The number of carbonyl (C=O) groups excluding carboxylic acids is 1. The van der Waals surface area contributed by atoms with Gasteiger partial charge in [0.2, 0.25) is 5.91 Å². The zero-order valence-corrected chi connectivity index (χ0v) is 13.8. The summed E-state index contributed by atoms with van der Waals surface area (Å²) in [4.78, 5) is 29.1. The van der Waals surface area contributed by atoms with E-state index in [0.717, 1.165) is 5.56 Å². The van der Waals surface area contributed by atoms with E-state index in [1.807, 2.05) is 0 Å². The van der Waals surface area contributed by atoms with Crippen LogP contribution in [0.2, 0.25) is 0 Å². The summed E-state index contributed by atoms with van der Waals surface area (Å²) in [6, 6.07) is 4.71. The molecule has 0 radical (unpaired) electrons. The predicted molar refractivity (Wildman–Crippen MR) is 88.3 cm³/mol. The number of hydrogen-bond acceptors (Lipinski definition) is 3. The van der Waals surface area contributed by atoms with Crippen LogP contribution < -0.4 is 10.9 Å². The standard InChI is InChI=1S/C16H18FN3O2S/c1-9-7-11(3-5-13(9)17)8-18-14(21)6-4-12-10(2)19-16(23)20-15(12)22/h3,5,7H,4,6,8H2,1-2H3,(H,18,21)(H2,19,20,22,23). The molecule has 0 aliphatic heterocycles. The first kappa shape index (κ1) is 17.1. The van der Waals surface area contributed by atoms with Crippen molar-refractivity contribution >= 4 is 18.1 Å². The molecule has 0 aliphatic rings. The van der Waals surface area contributed by atoms with Crippen LogP contribution in [0.15, 0.2) is 23.0 Å². The molecule has 0 saturated heterocycles. The zero-order valence-electron chi connectivity index (χ0n) is 13.0. The molecule has 23 heavy (non-hydrogen) atoms. The molecule has 0 atom stereocenters. The number of aryl methyl sites for hydroxylation is 2. The van der Waals surface area contributed by atoms with Crippen molar-refractivity contribution in [2.24, 2.45) is 0 Å². The molecule has 1 heterocycles. The highest BCUT2D eigenvalue weighted by Gasteiger charge is 2.09. The van der Waals surface area contributed by atoms with Gasteiger partial charge in [-0.25, -0.2) is 4.39 Å². The summed E-state index contributed by atoms with van der Waals surface area (Å²) >= 11 is 4.88. The lowest BCUT2D eigenvalue weighted by molar-refractivity contribution is -0.121. The fourth-order valence-corrected chi connectivity index (χ4v) is 2.52. The van der Waals surface area contributed by atoms with Gasteiger partial charge in [-0.1, -0.05) is 12.1 Å². The molecular formula is C16H18FN3O2S. The Bertz CT molecular complexity index is 842. The minimum Gasteiger partial charge on any atom is -0.352 e. The van der Waals surface area contributed by atoms with Crippen molar-refractivity contribution in [3.8, 4) is 0 Å². The van der Waals surface area contributed by atoms with E-state index in [1.54, 1.807) is 26.0 Å². The fourth-order valence-electron chi connectivity index (χ4n) is 2.27. The van der Waals surface area contributed by atoms with E-state index in [2.05, 4.69) is 15.3 Å². The Kier molecular flexibility index (Phi) is 5.44. The number of H-pyrrole nitrogens is 2. The Balaban J connectivity index is 1.92. The molecule has 1 amide bonds. The van der Waals surface area contributed by atoms with Gasteiger partial charge in [0.05, 0.1) is 0 Å². The molecule has 2 rings (SSSR count). The van der Waals surface area contributed by atoms with E-state index < -0.39 is 0 Å². The maximum Gasteiger partial charge on any atom is 0.255 e. The highest BCUT2D eigenvalue weighted by atomic mass is 32.1. The van der Waals surface area contributed by atoms with Crippen LogP contribution in [0.5, 0.6) is 0 Å². The van der Waals surface area contributed by atoms with Crippen molar-refractivity contribution in [1.82, 2.24) is 15.3 Å². The summed E-state index contributed by atoms with van der Waals surface area (Å²) < 4.78 is 13.5. The van der Waals surface area contributed by atoms with Crippen LogP contribution in [0, 0.1) is 24.4 Å². The van der Waals surface area contributed by atoms with Crippen molar-refractivity contribution in [2.45, 2.75) is 33.2 Å². The highest BCUT2D eigenvalue weighted by molar-refractivity contribution is 7.71. The molecule has 0 unspecified atom stereocenters. The molecule has 0 spiro atoms. The number of nitrogens with one attached hydrogen (secondary N) is 3. The monoisotopic (exact) mass is 335 g/mol. The van der Waals surface area contributed by atoms with Crippen molar-refractivity contribution in [2.75, 3.05) is 0 Å². The van der Waals surface area contributed by atoms with Crippen LogP contribution >= 0.6 is 12.2 Å². The number of aromatic amines is 2. The number of rotatable bonds is 5. The van der Waals surface area contributed by atoms with Crippen LogP contribution in [0.1, 0.15) is 28.8 Å². The van der Waals surface area contributed by atoms with Gasteiger partial charge in [0, 0.05) is 24.2 Å². The van der Waals surface area contributed by atoms with Crippen molar-refractivity contribution in [3.63, 3.8) is 0 Å². The van der Waals surface area contributed by atoms with Crippen LogP contribution in [0.25, 0.3) is 0 Å². The second kappa shape index (κ2) is 7.32. The van der Waals surface area contributed by atoms with Gasteiger partial charge < -0.3 is 10.3 Å². The van der Waals surface area contributed by atoms with Gasteiger partial charge in [-0.05, 0) is 49.7 Å². The number of hydrogen-bond donors (Lipinski definition) is 3. The molecule has 1 aromatic heterocycles. The SMILES string of the molecule is Cc1cc(CNC(=O)CCc2c(C)[nH]c(=S)[nH]c2=O)ccc1F. The second-order valence-corrected chi connectivity index (χ2v) is 5.78. The summed E-state index contributed by atoms with van der Waals surface area (Å²) in [7, 11) is 0. The lowest BCUT2D eigenvalue weighted by atomic mass is 10.1. The predicted octanol–water partition coefficient (Wildman–Crippen LogP) is 2.44. The third-order valence-corrected chi connectivity index (χ3v) is 3.77. The Morgan fingerprint density at radius 2 is 2.04 bits per heavy atom. The van der Waals surface area contributed by atoms with Gasteiger partial charge in [0.1, 0.15) is 5.82 Å². The van der Waals surface area contributed by atoms with E-state index in [9.17, 15) is 14.0 Å². The van der Waals surface area contributed by atoms with Crippen molar-refractivity contribution < 1.29 is 9.18 Å². The molecule has 0 fully saturated rings. The van der Waals surface area contributed by atoms with E-state index in [4.69, 9.17) is 12.2 Å². The molecule has 0 saturated carbocycles. The topological polar surface area (TPSA) is 77.8 Å². The van der Waals surface area contributed by atoms with Gasteiger partial charge in [0.25, 0.3) is 5.56 Å². The largest absolute Gasteiger partial charge is 0.352 e. The molecule has 0 bridgehead atoms. The summed E-state index contributed by atoms with van der Waals surface area (Å²) in [6.45, 7) is 3.75. The minimum absolute atomic E-state index is 0.173. The maximum atomic E-state index is 13.2. The number of amides is 1. The van der Waals surface area contributed by atoms with Gasteiger partial charge in [-0.3, -0.25) is 14.6 Å². The van der Waals surface area contributed by atoms with Gasteiger partial charge >= 0.3 is 0 Å². The first-order valence-electron chi connectivity index (χ1n) is 7.20. The van der Waals surface area contributed by atoms with Crippen molar-refractivity contribution in [3.05, 3.63) is 61.5 Å². The van der Waals surface area contributed by atoms with Crippen LogP contribution in [-0.2, 0) is 17.8 Å². The number of carbonyl (C=O) groups is 1. The van der Waals surface area contributed by atoms with Crippen LogP contribution in [0.3, 0.4) is 0 Å². The summed E-state index contributed by atoms with van der Waals surface area (Å²) in [5.74, 6) is -0.440. The van der Waals surface area contributed by atoms with Crippen LogP contribution in [0.4, 0.5) is 4.39 Å². The van der Waals surface area contributed by atoms with Gasteiger partial charge in [0.15, 0.2) is 4.77 Å². The van der Waals surface area contributed by atoms with Gasteiger partial charge in [-0.15, -0.1) is 0 Å². The zero-order chi connectivity index (χ0) is 17.0. The molecule has 122 valence electrons. The average molecular weight is 335 g/mol. The number of halogens is 1. The fraction of sp³-hybridized carbons (Fsp3) is 0.312.